The van der Waals surface area contributed by atoms with Gasteiger partial charge in [0.25, 0.3) is 0 Å². The summed E-state index contributed by atoms with van der Waals surface area (Å²) in [6.45, 7) is 9.62. The van der Waals surface area contributed by atoms with Crippen LogP contribution in [0.4, 0.5) is 0 Å². The summed E-state index contributed by atoms with van der Waals surface area (Å²) in [6.07, 6.45) is 1.21. The third-order valence-corrected chi connectivity index (χ3v) is 3.83. The first-order valence-corrected chi connectivity index (χ1v) is 7.17. The molecule has 1 aliphatic heterocycles. The number of piperazine rings is 1. The topological polar surface area (TPSA) is 30.3 Å². The average molecular weight is 257 g/mol. The van der Waals surface area contributed by atoms with Gasteiger partial charge in [-0.15, -0.1) is 0 Å². The summed E-state index contributed by atoms with van der Waals surface area (Å²) in [5, 5.41) is 9.47. The minimum atomic E-state index is -0.0932. The molecule has 1 aliphatic rings. The van der Waals surface area contributed by atoms with Crippen LogP contribution in [-0.2, 0) is 0 Å². The third kappa shape index (κ3) is 3.56. The van der Waals surface area contributed by atoms with E-state index in [1.54, 1.807) is 0 Å². The largest absolute Gasteiger partial charge is 0.301 e. The van der Waals surface area contributed by atoms with E-state index in [4.69, 9.17) is 0 Å². The molecule has 1 aromatic carbocycles. The van der Waals surface area contributed by atoms with Gasteiger partial charge in [0, 0.05) is 26.2 Å². The standard InChI is InChI=1S/C16H23N3/c1-3-8-18-9-11-19(12-10-18)16(13-17)15-6-4-14(2)5-7-15/h4-7,16H,3,8-12H2,1-2H3. The van der Waals surface area contributed by atoms with Gasteiger partial charge < -0.3 is 4.90 Å². The fraction of sp³-hybridized carbons (Fsp3) is 0.562. The highest BCUT2D eigenvalue weighted by Gasteiger charge is 2.24. The van der Waals surface area contributed by atoms with Crippen molar-refractivity contribution in [1.29, 1.82) is 5.26 Å². The van der Waals surface area contributed by atoms with Gasteiger partial charge in [-0.3, -0.25) is 4.90 Å². The van der Waals surface area contributed by atoms with Crippen LogP contribution in [0.3, 0.4) is 0 Å². The van der Waals surface area contributed by atoms with Crippen LogP contribution in [-0.4, -0.2) is 42.5 Å². The predicted molar refractivity (Wildman–Crippen MR) is 77.8 cm³/mol. The zero-order valence-electron chi connectivity index (χ0n) is 12.0. The zero-order valence-corrected chi connectivity index (χ0v) is 12.0. The molecule has 1 fully saturated rings. The van der Waals surface area contributed by atoms with Crippen molar-refractivity contribution in [1.82, 2.24) is 9.80 Å². The summed E-state index contributed by atoms with van der Waals surface area (Å²) in [6, 6.07) is 10.7. The first-order valence-electron chi connectivity index (χ1n) is 7.17. The summed E-state index contributed by atoms with van der Waals surface area (Å²) in [4.78, 5) is 4.79. The van der Waals surface area contributed by atoms with Crippen molar-refractivity contribution >= 4 is 0 Å². The Hall–Kier alpha value is -1.37. The Morgan fingerprint density at radius 3 is 2.32 bits per heavy atom. The summed E-state index contributed by atoms with van der Waals surface area (Å²) in [7, 11) is 0. The van der Waals surface area contributed by atoms with Gasteiger partial charge in [-0.05, 0) is 25.5 Å². The highest BCUT2D eigenvalue weighted by Crippen LogP contribution is 2.21. The lowest BCUT2D eigenvalue weighted by atomic mass is 10.0. The molecule has 0 radical (unpaired) electrons. The number of nitrogens with zero attached hydrogens (tertiary/aromatic N) is 3. The molecule has 0 bridgehead atoms. The minimum absolute atomic E-state index is 0.0932. The summed E-state index contributed by atoms with van der Waals surface area (Å²) in [5.41, 5.74) is 2.37. The van der Waals surface area contributed by atoms with E-state index in [2.05, 4.69) is 54.0 Å². The molecule has 1 unspecified atom stereocenters. The molecule has 0 spiro atoms. The highest BCUT2D eigenvalue weighted by atomic mass is 15.3. The number of hydrogen-bond donors (Lipinski definition) is 0. The highest BCUT2D eigenvalue weighted by molar-refractivity contribution is 5.27. The first-order chi connectivity index (χ1) is 9.24. The van der Waals surface area contributed by atoms with E-state index in [0.717, 1.165) is 31.7 Å². The van der Waals surface area contributed by atoms with Gasteiger partial charge in [-0.25, -0.2) is 0 Å². The van der Waals surface area contributed by atoms with Crippen molar-refractivity contribution in [3.63, 3.8) is 0 Å². The van der Waals surface area contributed by atoms with Crippen molar-refractivity contribution in [2.45, 2.75) is 26.3 Å². The van der Waals surface area contributed by atoms with Gasteiger partial charge in [0.1, 0.15) is 6.04 Å². The second-order valence-electron chi connectivity index (χ2n) is 5.32. The van der Waals surface area contributed by atoms with Crippen LogP contribution in [0.15, 0.2) is 24.3 Å². The quantitative estimate of drug-likeness (QED) is 0.830. The van der Waals surface area contributed by atoms with Crippen molar-refractivity contribution in [3.05, 3.63) is 35.4 Å². The van der Waals surface area contributed by atoms with Crippen molar-refractivity contribution in [2.75, 3.05) is 32.7 Å². The molecule has 0 aliphatic carbocycles. The fourth-order valence-electron chi connectivity index (χ4n) is 2.68. The minimum Gasteiger partial charge on any atom is -0.301 e. The van der Waals surface area contributed by atoms with Crippen molar-refractivity contribution in [3.8, 4) is 6.07 Å². The van der Waals surface area contributed by atoms with Gasteiger partial charge >= 0.3 is 0 Å². The molecule has 0 N–H and O–H groups in total. The number of hydrogen-bond acceptors (Lipinski definition) is 3. The Balaban J connectivity index is 2.00. The zero-order chi connectivity index (χ0) is 13.7. The van der Waals surface area contributed by atoms with E-state index in [1.165, 1.54) is 18.5 Å². The molecule has 102 valence electrons. The monoisotopic (exact) mass is 257 g/mol. The second-order valence-corrected chi connectivity index (χ2v) is 5.32. The lowest BCUT2D eigenvalue weighted by molar-refractivity contribution is 0.114. The molecule has 3 nitrogen and oxygen atoms in total. The lowest BCUT2D eigenvalue weighted by Crippen LogP contribution is -2.47. The molecule has 0 saturated carbocycles. The third-order valence-electron chi connectivity index (χ3n) is 3.83. The molecule has 0 aromatic heterocycles. The Morgan fingerprint density at radius 1 is 1.16 bits per heavy atom. The molecule has 1 aromatic rings. The van der Waals surface area contributed by atoms with Crippen LogP contribution in [0, 0.1) is 18.3 Å². The van der Waals surface area contributed by atoms with Gasteiger partial charge in [0.05, 0.1) is 6.07 Å². The van der Waals surface area contributed by atoms with Gasteiger partial charge in [0.15, 0.2) is 0 Å². The molecule has 3 heteroatoms. The van der Waals surface area contributed by atoms with E-state index in [1.807, 2.05) is 0 Å². The predicted octanol–water partition coefficient (Wildman–Crippen LogP) is 2.59. The van der Waals surface area contributed by atoms with Crippen LogP contribution in [0.25, 0.3) is 0 Å². The normalized spacial score (nSPS) is 19.0. The maximum absolute atomic E-state index is 9.47. The summed E-state index contributed by atoms with van der Waals surface area (Å²) in [5.74, 6) is 0. The molecule has 1 atom stereocenters. The number of benzene rings is 1. The van der Waals surface area contributed by atoms with Crippen LogP contribution in [0.5, 0.6) is 0 Å². The fourth-order valence-corrected chi connectivity index (χ4v) is 2.68. The number of nitriles is 1. The molecule has 1 heterocycles. The van der Waals surface area contributed by atoms with Crippen LogP contribution >= 0.6 is 0 Å². The van der Waals surface area contributed by atoms with Crippen LogP contribution < -0.4 is 0 Å². The SMILES string of the molecule is CCCN1CCN(C(C#N)c2ccc(C)cc2)CC1. The number of rotatable bonds is 4. The smallest absolute Gasteiger partial charge is 0.123 e. The van der Waals surface area contributed by atoms with Gasteiger partial charge in [-0.1, -0.05) is 36.8 Å². The Labute approximate surface area is 116 Å². The lowest BCUT2D eigenvalue weighted by Gasteiger charge is -2.36. The Morgan fingerprint density at radius 2 is 1.79 bits per heavy atom. The molecular weight excluding hydrogens is 234 g/mol. The molecule has 0 amide bonds. The Bertz CT molecular complexity index is 424. The molecule has 1 saturated heterocycles. The maximum Gasteiger partial charge on any atom is 0.123 e. The molecule has 2 rings (SSSR count). The van der Waals surface area contributed by atoms with E-state index in [0.29, 0.717) is 0 Å². The van der Waals surface area contributed by atoms with E-state index >= 15 is 0 Å². The van der Waals surface area contributed by atoms with Gasteiger partial charge in [-0.2, -0.15) is 5.26 Å². The average Bonchev–Trinajstić information content (AvgIpc) is 2.44. The molecular formula is C16H23N3. The summed E-state index contributed by atoms with van der Waals surface area (Å²) < 4.78 is 0. The van der Waals surface area contributed by atoms with Crippen molar-refractivity contribution < 1.29 is 0 Å². The van der Waals surface area contributed by atoms with E-state index in [-0.39, 0.29) is 6.04 Å². The first kappa shape index (κ1) is 14.0. The Kier molecular flexibility index (Phi) is 4.95. The number of aryl methyl sites for hydroxylation is 1. The van der Waals surface area contributed by atoms with Crippen LogP contribution in [0.1, 0.15) is 30.5 Å². The van der Waals surface area contributed by atoms with Crippen molar-refractivity contribution in [2.24, 2.45) is 0 Å². The van der Waals surface area contributed by atoms with Gasteiger partial charge in [0.2, 0.25) is 0 Å². The summed E-state index contributed by atoms with van der Waals surface area (Å²) >= 11 is 0. The van der Waals surface area contributed by atoms with Crippen LogP contribution in [0.2, 0.25) is 0 Å². The van der Waals surface area contributed by atoms with E-state index in [9.17, 15) is 5.26 Å². The second kappa shape index (κ2) is 6.70. The van der Waals surface area contributed by atoms with E-state index < -0.39 is 0 Å². The molecule has 19 heavy (non-hydrogen) atoms. The maximum atomic E-state index is 9.47.